The number of rotatable bonds is 0. The maximum Gasteiger partial charge on any atom is 0.323 e. The first-order chi connectivity index (χ1) is 8.16. The van der Waals surface area contributed by atoms with Crippen LogP contribution in [-0.4, -0.2) is 33.3 Å². The highest BCUT2D eigenvalue weighted by Crippen LogP contribution is 2.33. The van der Waals surface area contributed by atoms with Gasteiger partial charge in [-0.05, 0) is 6.08 Å². The number of carbonyl (C=O) groups excluding carboxylic acids is 1. The molecular weight excluding hydrogens is 238 g/mol. The Morgan fingerprint density at radius 3 is 3.12 bits per heavy atom. The van der Waals surface area contributed by atoms with Gasteiger partial charge in [0.05, 0.1) is 5.70 Å². The lowest BCUT2D eigenvalue weighted by Crippen LogP contribution is -2.35. The highest BCUT2D eigenvalue weighted by Gasteiger charge is 2.36. The Bertz CT molecular complexity index is 517. The molecule has 88 valence electrons. The molecule has 1 N–H and O–H groups in total. The lowest BCUT2D eigenvalue weighted by atomic mass is 10.1. The molecule has 0 aromatic rings. The summed E-state index contributed by atoms with van der Waals surface area (Å²) in [4.78, 5) is 17.6. The van der Waals surface area contributed by atoms with E-state index in [1.54, 1.807) is 18.5 Å². The number of hydrogen-bond donors (Lipinski definition) is 1. The lowest BCUT2D eigenvalue weighted by Gasteiger charge is -2.25. The second kappa shape index (κ2) is 3.75. The third-order valence-corrected chi connectivity index (χ3v) is 3.75. The lowest BCUT2D eigenvalue weighted by molar-refractivity contribution is -0.115. The van der Waals surface area contributed by atoms with E-state index in [0.29, 0.717) is 11.7 Å². The van der Waals surface area contributed by atoms with E-state index in [4.69, 9.17) is 0 Å². The highest BCUT2D eigenvalue weighted by molar-refractivity contribution is 8.05. The minimum absolute atomic E-state index is 0.121. The molecule has 0 aromatic heterocycles. The maximum absolute atomic E-state index is 11.6. The van der Waals surface area contributed by atoms with Crippen LogP contribution in [0.4, 0.5) is 0 Å². The summed E-state index contributed by atoms with van der Waals surface area (Å²) in [6, 6.07) is 0. The van der Waals surface area contributed by atoms with Crippen molar-refractivity contribution in [3.63, 3.8) is 0 Å². The molecule has 1 unspecified atom stereocenters. The normalized spacial score (nSPS) is 23.9. The predicted octanol–water partition coefficient (Wildman–Crippen LogP) is 0.222. The van der Waals surface area contributed by atoms with Crippen LogP contribution in [0.25, 0.3) is 0 Å². The topological polar surface area (TPSA) is 67.8 Å². The van der Waals surface area contributed by atoms with Crippen LogP contribution in [0.15, 0.2) is 40.3 Å². The van der Waals surface area contributed by atoms with Gasteiger partial charge in [0.2, 0.25) is 5.91 Å². The maximum atomic E-state index is 11.6. The van der Waals surface area contributed by atoms with Crippen molar-refractivity contribution >= 4 is 22.3 Å². The molecule has 17 heavy (non-hydrogen) atoms. The van der Waals surface area contributed by atoms with E-state index in [2.05, 4.69) is 10.3 Å². The van der Waals surface area contributed by atoms with Crippen LogP contribution >= 0.6 is 0 Å². The first-order valence-corrected chi connectivity index (χ1v) is 6.84. The van der Waals surface area contributed by atoms with Gasteiger partial charge in [0.25, 0.3) is 0 Å². The van der Waals surface area contributed by atoms with E-state index < -0.39 is 11.2 Å². The molecule has 0 radical (unpaired) electrons. The van der Waals surface area contributed by atoms with Crippen molar-refractivity contribution in [2.45, 2.75) is 6.42 Å². The average Bonchev–Trinajstić information content (AvgIpc) is 2.62. The van der Waals surface area contributed by atoms with Crippen molar-refractivity contribution in [1.82, 2.24) is 10.2 Å². The van der Waals surface area contributed by atoms with E-state index in [-0.39, 0.29) is 5.91 Å². The van der Waals surface area contributed by atoms with E-state index in [9.17, 15) is 9.35 Å². The van der Waals surface area contributed by atoms with Crippen molar-refractivity contribution in [2.75, 3.05) is 12.8 Å². The van der Waals surface area contributed by atoms with Crippen LogP contribution in [0, 0.1) is 0 Å². The molecule has 3 aliphatic rings. The van der Waals surface area contributed by atoms with Gasteiger partial charge < -0.3 is 9.87 Å². The summed E-state index contributed by atoms with van der Waals surface area (Å²) in [6.07, 6.45) is 7.27. The number of allylic oxidation sites excluding steroid dienone is 1. The molecule has 1 atom stereocenters. The van der Waals surface area contributed by atoms with Crippen molar-refractivity contribution in [2.24, 2.45) is 4.99 Å². The molecule has 0 fully saturated rings. The molecule has 3 rings (SSSR count). The second-order valence-corrected chi connectivity index (χ2v) is 5.28. The number of amides is 1. The predicted molar refractivity (Wildman–Crippen MR) is 65.2 cm³/mol. The van der Waals surface area contributed by atoms with Gasteiger partial charge in [-0.3, -0.25) is 9.69 Å². The van der Waals surface area contributed by atoms with Gasteiger partial charge in [-0.2, -0.15) is 4.99 Å². The minimum Gasteiger partial charge on any atom is -0.609 e. The van der Waals surface area contributed by atoms with E-state index in [0.717, 1.165) is 23.4 Å². The zero-order valence-electron chi connectivity index (χ0n) is 9.27. The van der Waals surface area contributed by atoms with Crippen LogP contribution in [0.2, 0.25) is 0 Å². The summed E-state index contributed by atoms with van der Waals surface area (Å²) in [5.74, 6) is -0.121. The number of nitrogens with one attached hydrogen (secondary N) is 1. The van der Waals surface area contributed by atoms with Crippen molar-refractivity contribution in [3.8, 4) is 0 Å². The number of carbonyl (C=O) groups is 1. The fraction of sp³-hybridized carbons (Fsp3) is 0.273. The molecule has 0 spiro atoms. The smallest absolute Gasteiger partial charge is 0.323 e. The molecule has 0 saturated carbocycles. The van der Waals surface area contributed by atoms with E-state index in [1.165, 1.54) is 6.08 Å². The first kappa shape index (κ1) is 10.6. The van der Waals surface area contributed by atoms with Crippen LogP contribution in [0.3, 0.4) is 0 Å². The summed E-state index contributed by atoms with van der Waals surface area (Å²) < 4.78 is 11.6. The molecule has 3 aliphatic heterocycles. The van der Waals surface area contributed by atoms with Gasteiger partial charge in [0.15, 0.2) is 0 Å². The van der Waals surface area contributed by atoms with Crippen LogP contribution in [0.5, 0.6) is 0 Å². The number of hydrogen-bond acceptors (Lipinski definition) is 4. The van der Waals surface area contributed by atoms with Gasteiger partial charge in [-0.15, -0.1) is 0 Å². The third kappa shape index (κ3) is 1.60. The molecule has 3 heterocycles. The Labute approximate surface area is 102 Å². The van der Waals surface area contributed by atoms with Crippen molar-refractivity contribution in [1.29, 1.82) is 0 Å². The Balaban J connectivity index is 2.11. The first-order valence-electron chi connectivity index (χ1n) is 5.28. The summed E-state index contributed by atoms with van der Waals surface area (Å²) in [7, 11) is 0. The zero-order chi connectivity index (χ0) is 12.0. The van der Waals surface area contributed by atoms with Gasteiger partial charge in [-0.1, -0.05) is 0 Å². The van der Waals surface area contributed by atoms with E-state index >= 15 is 0 Å². The summed E-state index contributed by atoms with van der Waals surface area (Å²) in [5, 5.41) is 3.40. The summed E-state index contributed by atoms with van der Waals surface area (Å²) in [5.41, 5.74) is 2.72. The molecule has 0 aromatic carbocycles. The van der Waals surface area contributed by atoms with Gasteiger partial charge >= 0.3 is 5.17 Å². The number of amidine groups is 1. The van der Waals surface area contributed by atoms with Crippen LogP contribution in [-0.2, 0) is 16.0 Å². The highest BCUT2D eigenvalue weighted by atomic mass is 32.2. The Hall–Kier alpha value is -1.53. The fourth-order valence-corrected chi connectivity index (χ4v) is 2.92. The summed E-state index contributed by atoms with van der Waals surface area (Å²) in [6.45, 7) is 0.717. The third-order valence-electron chi connectivity index (χ3n) is 2.91. The fourth-order valence-electron chi connectivity index (χ4n) is 2.22. The minimum atomic E-state index is -1.12. The van der Waals surface area contributed by atoms with Gasteiger partial charge in [0, 0.05) is 47.7 Å². The number of nitrogens with zero attached hydrogens (tertiary/aromatic N) is 2. The van der Waals surface area contributed by atoms with Crippen molar-refractivity contribution < 1.29 is 9.35 Å². The van der Waals surface area contributed by atoms with Crippen LogP contribution in [0.1, 0.15) is 6.42 Å². The molecule has 6 heteroatoms. The quantitative estimate of drug-likeness (QED) is 0.624. The Morgan fingerprint density at radius 1 is 1.53 bits per heavy atom. The van der Waals surface area contributed by atoms with Crippen molar-refractivity contribution in [3.05, 3.63) is 35.3 Å². The standard InChI is InChI=1S/C11H11N3O2S/c1-17(16)11-12-6-7-2-3-9(15)13-8-4-5-14(11)10(7)8/h2-3,6H,4-5H2,1H3,(H,13,15). The molecular formula is C11H11N3O2S. The molecule has 0 saturated heterocycles. The molecule has 0 aliphatic carbocycles. The number of aliphatic imine (C=N–C) groups is 1. The molecule has 0 bridgehead atoms. The Kier molecular flexibility index (Phi) is 2.34. The summed E-state index contributed by atoms with van der Waals surface area (Å²) >= 11 is -1.12. The largest absolute Gasteiger partial charge is 0.609 e. The SMILES string of the molecule is C[S+]([O-])C1=NC=C2C=CC(=O)NC3=C2N1CC3. The van der Waals surface area contributed by atoms with Gasteiger partial charge in [0.1, 0.15) is 6.26 Å². The zero-order valence-corrected chi connectivity index (χ0v) is 10.1. The Morgan fingerprint density at radius 2 is 2.35 bits per heavy atom. The van der Waals surface area contributed by atoms with Crippen LogP contribution < -0.4 is 5.32 Å². The average molecular weight is 249 g/mol. The molecule has 5 nitrogen and oxygen atoms in total. The van der Waals surface area contributed by atoms with Gasteiger partial charge in [-0.25, -0.2) is 0 Å². The van der Waals surface area contributed by atoms with E-state index in [1.807, 2.05) is 4.90 Å². The monoisotopic (exact) mass is 249 g/mol. The molecule has 1 amide bonds. The second-order valence-electron chi connectivity index (χ2n) is 4.00.